The Morgan fingerprint density at radius 3 is 3.05 bits per heavy atom. The predicted molar refractivity (Wildman–Crippen MR) is 73.3 cm³/mol. The third-order valence-corrected chi connectivity index (χ3v) is 3.10. The highest BCUT2D eigenvalue weighted by Crippen LogP contribution is 2.20. The van der Waals surface area contributed by atoms with Crippen LogP contribution in [-0.4, -0.2) is 33.2 Å². The summed E-state index contributed by atoms with van der Waals surface area (Å²) in [4.78, 5) is 12.7. The van der Waals surface area contributed by atoms with Crippen LogP contribution in [0.5, 0.6) is 0 Å². The standard InChI is InChI=1S/C13H15N5O2/c1-18-8-17-11-12(15-7-16-13(11)18)14-6-10(19-2)9-4-3-5-20-9/h3-5,7-8,10H,6H2,1-2H3,(H,14,15,16). The Kier molecular flexibility index (Phi) is 3.34. The Balaban J connectivity index is 1.80. The molecule has 3 rings (SSSR count). The van der Waals surface area contributed by atoms with Crippen molar-refractivity contribution in [1.82, 2.24) is 19.5 Å². The normalized spacial score (nSPS) is 12.7. The highest BCUT2D eigenvalue weighted by molar-refractivity contribution is 5.82. The molecule has 0 radical (unpaired) electrons. The van der Waals surface area contributed by atoms with Crippen LogP contribution in [0.15, 0.2) is 35.5 Å². The van der Waals surface area contributed by atoms with Gasteiger partial charge in [0, 0.05) is 20.7 Å². The summed E-state index contributed by atoms with van der Waals surface area (Å²) in [7, 11) is 3.54. The fourth-order valence-electron chi connectivity index (χ4n) is 2.04. The molecular weight excluding hydrogens is 258 g/mol. The Morgan fingerprint density at radius 2 is 2.30 bits per heavy atom. The number of aryl methyl sites for hydroxylation is 1. The number of nitrogens with one attached hydrogen (secondary N) is 1. The minimum absolute atomic E-state index is 0.182. The fourth-order valence-corrected chi connectivity index (χ4v) is 2.04. The van der Waals surface area contributed by atoms with E-state index >= 15 is 0 Å². The van der Waals surface area contributed by atoms with E-state index in [2.05, 4.69) is 20.3 Å². The molecule has 20 heavy (non-hydrogen) atoms. The Morgan fingerprint density at radius 1 is 1.40 bits per heavy atom. The van der Waals surface area contributed by atoms with Gasteiger partial charge in [-0.2, -0.15) is 0 Å². The highest BCUT2D eigenvalue weighted by Gasteiger charge is 2.15. The second-order valence-corrected chi connectivity index (χ2v) is 4.37. The molecule has 7 heteroatoms. The van der Waals surface area contributed by atoms with Crippen molar-refractivity contribution in [2.75, 3.05) is 19.0 Å². The third kappa shape index (κ3) is 2.23. The molecule has 0 aliphatic heterocycles. The summed E-state index contributed by atoms with van der Waals surface area (Å²) in [5, 5.41) is 3.23. The molecule has 0 saturated heterocycles. The van der Waals surface area contributed by atoms with E-state index in [1.807, 2.05) is 23.7 Å². The van der Waals surface area contributed by atoms with Crippen LogP contribution >= 0.6 is 0 Å². The lowest BCUT2D eigenvalue weighted by molar-refractivity contribution is 0.0943. The lowest BCUT2D eigenvalue weighted by Crippen LogP contribution is -2.15. The van der Waals surface area contributed by atoms with Crippen LogP contribution in [0.25, 0.3) is 11.2 Å². The summed E-state index contributed by atoms with van der Waals surface area (Å²) in [5.74, 6) is 1.45. The van der Waals surface area contributed by atoms with E-state index in [4.69, 9.17) is 9.15 Å². The van der Waals surface area contributed by atoms with Crippen LogP contribution in [0.1, 0.15) is 11.9 Å². The number of nitrogens with zero attached hydrogens (tertiary/aromatic N) is 4. The number of fused-ring (bicyclic) bond motifs is 1. The van der Waals surface area contributed by atoms with Crippen molar-refractivity contribution in [1.29, 1.82) is 0 Å². The van der Waals surface area contributed by atoms with Gasteiger partial charge in [0.2, 0.25) is 0 Å². The molecule has 1 atom stereocenters. The number of anilines is 1. The van der Waals surface area contributed by atoms with Gasteiger partial charge in [0.15, 0.2) is 11.5 Å². The number of aromatic nitrogens is 4. The summed E-state index contributed by atoms with van der Waals surface area (Å²) < 4.78 is 12.6. The minimum atomic E-state index is -0.182. The number of imidazole rings is 1. The first-order valence-electron chi connectivity index (χ1n) is 6.21. The molecular formula is C13H15N5O2. The lowest BCUT2D eigenvalue weighted by atomic mass is 10.2. The Labute approximate surface area is 115 Å². The minimum Gasteiger partial charge on any atom is -0.467 e. The molecule has 0 amide bonds. The van der Waals surface area contributed by atoms with Crippen molar-refractivity contribution in [3.8, 4) is 0 Å². The maximum atomic E-state index is 5.41. The molecule has 7 nitrogen and oxygen atoms in total. The zero-order chi connectivity index (χ0) is 13.9. The summed E-state index contributed by atoms with van der Waals surface area (Å²) in [6, 6.07) is 3.72. The van der Waals surface area contributed by atoms with E-state index in [1.165, 1.54) is 6.33 Å². The van der Waals surface area contributed by atoms with Gasteiger partial charge in [0.05, 0.1) is 12.6 Å². The summed E-state index contributed by atoms with van der Waals surface area (Å²) in [6.45, 7) is 0.534. The quantitative estimate of drug-likeness (QED) is 0.763. The van der Waals surface area contributed by atoms with E-state index in [0.717, 1.165) is 16.9 Å². The topological polar surface area (TPSA) is 78.0 Å². The van der Waals surface area contributed by atoms with Crippen LogP contribution in [0, 0.1) is 0 Å². The number of furan rings is 1. The molecule has 0 aliphatic carbocycles. The average Bonchev–Trinajstić information content (AvgIpc) is 3.11. The molecule has 104 valence electrons. The Bertz CT molecular complexity index is 692. The fraction of sp³-hybridized carbons (Fsp3) is 0.308. The van der Waals surface area contributed by atoms with Crippen LogP contribution < -0.4 is 5.32 Å². The van der Waals surface area contributed by atoms with Crippen LogP contribution in [0.3, 0.4) is 0 Å². The van der Waals surface area contributed by atoms with Gasteiger partial charge in [-0.05, 0) is 12.1 Å². The number of methoxy groups -OCH3 is 1. The highest BCUT2D eigenvalue weighted by atomic mass is 16.5. The largest absolute Gasteiger partial charge is 0.467 e. The number of ether oxygens (including phenoxy) is 1. The van der Waals surface area contributed by atoms with Crippen molar-refractivity contribution in [3.63, 3.8) is 0 Å². The van der Waals surface area contributed by atoms with Crippen LogP contribution in [-0.2, 0) is 11.8 Å². The van der Waals surface area contributed by atoms with Crippen molar-refractivity contribution in [2.24, 2.45) is 7.05 Å². The van der Waals surface area contributed by atoms with E-state index in [-0.39, 0.29) is 6.10 Å². The SMILES string of the molecule is COC(CNc1ncnc2c1ncn2C)c1ccco1. The summed E-state index contributed by atoms with van der Waals surface area (Å²) in [5.41, 5.74) is 1.53. The van der Waals surface area contributed by atoms with Crippen molar-refractivity contribution in [3.05, 3.63) is 36.8 Å². The first kappa shape index (κ1) is 12.6. The van der Waals surface area contributed by atoms with E-state index in [0.29, 0.717) is 12.4 Å². The van der Waals surface area contributed by atoms with Gasteiger partial charge >= 0.3 is 0 Å². The van der Waals surface area contributed by atoms with Crippen LogP contribution in [0.2, 0.25) is 0 Å². The molecule has 0 spiro atoms. The van der Waals surface area contributed by atoms with Gasteiger partial charge < -0.3 is 19.0 Å². The first-order chi connectivity index (χ1) is 9.79. The summed E-state index contributed by atoms with van der Waals surface area (Å²) in [6.07, 6.45) is 4.67. The smallest absolute Gasteiger partial charge is 0.165 e. The second-order valence-electron chi connectivity index (χ2n) is 4.37. The molecule has 3 aromatic heterocycles. The van der Waals surface area contributed by atoms with Crippen molar-refractivity contribution < 1.29 is 9.15 Å². The van der Waals surface area contributed by atoms with Gasteiger partial charge in [0.1, 0.15) is 23.7 Å². The number of hydrogen-bond donors (Lipinski definition) is 1. The molecule has 0 aliphatic rings. The molecule has 1 N–H and O–H groups in total. The molecule has 0 saturated carbocycles. The summed E-state index contributed by atoms with van der Waals surface area (Å²) >= 11 is 0. The van der Waals surface area contributed by atoms with Crippen molar-refractivity contribution >= 4 is 17.0 Å². The molecule has 0 aromatic carbocycles. The number of hydrogen-bond acceptors (Lipinski definition) is 6. The average molecular weight is 273 g/mol. The number of rotatable bonds is 5. The zero-order valence-electron chi connectivity index (χ0n) is 11.3. The molecule has 1 unspecified atom stereocenters. The maximum absolute atomic E-state index is 5.41. The van der Waals surface area contributed by atoms with E-state index in [1.54, 1.807) is 19.7 Å². The Hall–Kier alpha value is -2.41. The van der Waals surface area contributed by atoms with Gasteiger partial charge in [-0.15, -0.1) is 0 Å². The van der Waals surface area contributed by atoms with Gasteiger partial charge in [0.25, 0.3) is 0 Å². The van der Waals surface area contributed by atoms with Crippen molar-refractivity contribution in [2.45, 2.75) is 6.10 Å². The van der Waals surface area contributed by atoms with Gasteiger partial charge in [-0.25, -0.2) is 15.0 Å². The van der Waals surface area contributed by atoms with E-state index in [9.17, 15) is 0 Å². The molecule has 3 heterocycles. The van der Waals surface area contributed by atoms with E-state index < -0.39 is 0 Å². The molecule has 0 bridgehead atoms. The maximum Gasteiger partial charge on any atom is 0.165 e. The predicted octanol–water partition coefficient (Wildman–Crippen LogP) is 1.76. The van der Waals surface area contributed by atoms with Gasteiger partial charge in [-0.1, -0.05) is 0 Å². The second kappa shape index (κ2) is 5.30. The third-order valence-electron chi connectivity index (χ3n) is 3.10. The first-order valence-corrected chi connectivity index (χ1v) is 6.21. The molecule has 0 fully saturated rings. The van der Waals surface area contributed by atoms with Crippen LogP contribution in [0.4, 0.5) is 5.82 Å². The zero-order valence-corrected chi connectivity index (χ0v) is 11.3. The molecule has 3 aromatic rings. The van der Waals surface area contributed by atoms with Gasteiger partial charge in [-0.3, -0.25) is 0 Å². The monoisotopic (exact) mass is 273 g/mol. The lowest BCUT2D eigenvalue weighted by Gasteiger charge is -2.14.